The SMILES string of the molecule is CC(=O)NCC(=O)CNC(=O)OC(C)(C)C.COc1ccc(P2(=S)SP(=S)(c3ccc(OC)cc3)S2)cc1.Cc1nnc(CNC(=O)OC(C)(C)C)s1. The van der Waals surface area contributed by atoms with Gasteiger partial charge in [0.2, 0.25) is 5.91 Å². The summed E-state index contributed by atoms with van der Waals surface area (Å²) in [6.07, 6.45) is -1.08. The topological polar surface area (TPSA) is 167 Å². The lowest BCUT2D eigenvalue weighted by atomic mass is 10.2. The van der Waals surface area contributed by atoms with Crippen LogP contribution in [0, 0.1) is 6.92 Å². The highest BCUT2D eigenvalue weighted by molar-refractivity contribution is 9.48. The summed E-state index contributed by atoms with van der Waals surface area (Å²) in [5, 5.41) is 19.1. The number of rotatable bonds is 10. The first-order chi connectivity index (χ1) is 24.6. The molecule has 292 valence electrons. The summed E-state index contributed by atoms with van der Waals surface area (Å²) in [6, 6.07) is 16.2. The zero-order valence-corrected chi connectivity index (χ0v) is 37.2. The van der Waals surface area contributed by atoms with Crippen LogP contribution in [0.4, 0.5) is 9.59 Å². The molecule has 0 radical (unpaired) electrons. The lowest BCUT2D eigenvalue weighted by Gasteiger charge is -2.40. The molecule has 1 aliphatic heterocycles. The highest BCUT2D eigenvalue weighted by Crippen LogP contribution is 3.04. The number of ketones is 1. The molecule has 4 rings (SSSR count). The molecule has 0 bridgehead atoms. The Hall–Kier alpha value is -2.72. The molecule has 1 fully saturated rings. The number of Topliss-reactive ketones (excluding diaryl/α,β-unsaturated/α-hetero) is 1. The van der Waals surface area contributed by atoms with E-state index in [4.69, 9.17) is 42.6 Å². The summed E-state index contributed by atoms with van der Waals surface area (Å²) in [5.74, 6) is 1.14. The molecule has 3 aromatic rings. The molecule has 1 aromatic heterocycles. The van der Waals surface area contributed by atoms with Crippen LogP contribution in [0.1, 0.15) is 58.5 Å². The standard InChI is InChI=1S/C14H14O2P2S4.C10H18N2O4.C9H15N3O2S/c1-15-11-3-7-13(8-4-11)17(19)21-18(20,22-17)14-9-5-12(16-2)6-10-14;1-7(13)11-5-8(14)6-12-9(15)16-10(2,3)4;1-6-11-12-7(15-6)5-10-8(13)14-9(2,3)4/h3-10H,1-2H3;5-6H2,1-4H3,(H,11,13)(H,12,15);5H2,1-4H3,(H,10,13). The van der Waals surface area contributed by atoms with Gasteiger partial charge < -0.3 is 34.9 Å². The molecule has 53 heavy (non-hydrogen) atoms. The van der Waals surface area contributed by atoms with Gasteiger partial charge in [-0.15, -0.1) is 10.2 Å². The number of hydrogen-bond acceptors (Lipinski definition) is 15. The molecule has 0 aliphatic carbocycles. The second-order valence-corrected chi connectivity index (χ2v) is 35.5. The number of amides is 3. The fourth-order valence-corrected chi connectivity index (χ4v) is 46.6. The zero-order valence-electron chi connectivity index (χ0n) is 31.3. The van der Waals surface area contributed by atoms with Gasteiger partial charge in [0.25, 0.3) is 0 Å². The van der Waals surface area contributed by atoms with Crippen molar-refractivity contribution < 1.29 is 38.1 Å². The van der Waals surface area contributed by atoms with Gasteiger partial charge in [-0.1, -0.05) is 57.0 Å². The molecule has 13 nitrogen and oxygen atoms in total. The fourth-order valence-electron chi connectivity index (χ4n) is 3.65. The van der Waals surface area contributed by atoms with Crippen molar-refractivity contribution in [1.29, 1.82) is 0 Å². The van der Waals surface area contributed by atoms with Crippen LogP contribution in [-0.4, -0.2) is 72.6 Å². The predicted octanol–water partition coefficient (Wildman–Crippen LogP) is 6.84. The first-order valence-electron chi connectivity index (χ1n) is 16.0. The Balaban J connectivity index is 0.000000283. The van der Waals surface area contributed by atoms with E-state index in [2.05, 4.69) is 50.4 Å². The van der Waals surface area contributed by atoms with Gasteiger partial charge in [-0.2, -0.15) is 0 Å². The molecule has 20 heteroatoms. The van der Waals surface area contributed by atoms with E-state index in [0.717, 1.165) is 21.5 Å². The van der Waals surface area contributed by atoms with Crippen LogP contribution in [0.3, 0.4) is 0 Å². The van der Waals surface area contributed by atoms with E-state index in [1.807, 2.05) is 74.0 Å². The van der Waals surface area contributed by atoms with Gasteiger partial charge in [0.1, 0.15) is 32.7 Å². The van der Waals surface area contributed by atoms with Gasteiger partial charge >= 0.3 is 12.2 Å². The molecule has 0 unspecified atom stereocenters. The number of carbonyl (C=O) groups excluding carboxylic acids is 4. The van der Waals surface area contributed by atoms with Crippen molar-refractivity contribution in [2.75, 3.05) is 27.3 Å². The number of aryl methyl sites for hydroxylation is 1. The normalized spacial score (nSPS) is 17.5. The second-order valence-electron chi connectivity index (χ2n) is 12.9. The van der Waals surface area contributed by atoms with Crippen molar-refractivity contribution >= 4 is 100 Å². The maximum Gasteiger partial charge on any atom is 0.408 e. The number of nitrogens with zero attached hydrogens (tertiary/aromatic N) is 2. The van der Waals surface area contributed by atoms with E-state index in [1.54, 1.807) is 35.0 Å². The maximum absolute atomic E-state index is 11.3. The van der Waals surface area contributed by atoms with Crippen LogP contribution in [0.2, 0.25) is 0 Å². The number of hydrogen-bond donors (Lipinski definition) is 3. The number of carbonyl (C=O) groups is 4. The van der Waals surface area contributed by atoms with Crippen molar-refractivity contribution in [3.63, 3.8) is 0 Å². The minimum Gasteiger partial charge on any atom is -0.497 e. The van der Waals surface area contributed by atoms with Gasteiger partial charge in [0, 0.05) is 17.5 Å². The maximum atomic E-state index is 11.3. The lowest BCUT2D eigenvalue weighted by molar-refractivity contribution is -0.123. The number of aromatic nitrogens is 2. The van der Waals surface area contributed by atoms with E-state index in [-0.39, 0.29) is 24.8 Å². The summed E-state index contributed by atoms with van der Waals surface area (Å²) in [5.41, 5.74) is -1.06. The Kier molecular flexibility index (Phi) is 18.2. The predicted molar refractivity (Wildman–Crippen MR) is 225 cm³/mol. The molecule has 1 saturated heterocycles. The van der Waals surface area contributed by atoms with Gasteiger partial charge in [0.05, 0.1) is 42.7 Å². The minimum atomic E-state index is -1.66. The van der Waals surface area contributed by atoms with Gasteiger partial charge in [-0.3, -0.25) is 9.59 Å². The van der Waals surface area contributed by atoms with Crippen LogP contribution in [0.5, 0.6) is 11.5 Å². The molecule has 1 aliphatic rings. The summed E-state index contributed by atoms with van der Waals surface area (Å²) < 4.78 is 17.1. The molecule has 0 spiro atoms. The van der Waals surface area contributed by atoms with Crippen LogP contribution in [0.15, 0.2) is 48.5 Å². The molecule has 0 saturated carbocycles. The highest BCUT2D eigenvalue weighted by Gasteiger charge is 2.45. The van der Waals surface area contributed by atoms with Gasteiger partial charge in [0.15, 0.2) is 5.78 Å². The number of methoxy groups -OCH3 is 2. The van der Waals surface area contributed by atoms with E-state index in [0.29, 0.717) is 6.54 Å². The fraction of sp³-hybridized carbons (Fsp3) is 0.455. The Labute approximate surface area is 333 Å². The number of ether oxygens (including phenoxy) is 4. The molecule has 3 N–H and O–H groups in total. The van der Waals surface area contributed by atoms with Crippen molar-refractivity contribution in [2.24, 2.45) is 0 Å². The Bertz CT molecular complexity index is 1720. The molecular formula is C33H47N5O8P2S5. The Morgan fingerprint density at radius 1 is 0.698 bits per heavy atom. The van der Waals surface area contributed by atoms with E-state index < -0.39 is 32.3 Å². The average molecular weight is 864 g/mol. The summed E-state index contributed by atoms with van der Waals surface area (Å²) in [7, 11) is 3.34. The summed E-state index contributed by atoms with van der Waals surface area (Å²) in [4.78, 5) is 44.0. The smallest absolute Gasteiger partial charge is 0.408 e. The van der Waals surface area contributed by atoms with E-state index in [9.17, 15) is 19.2 Å². The third kappa shape index (κ3) is 17.5. The average Bonchev–Trinajstić information content (AvgIpc) is 3.48. The first-order valence-corrected chi connectivity index (χ1v) is 26.4. The number of nitrogens with one attached hydrogen (secondary N) is 3. The quantitative estimate of drug-likeness (QED) is 0.181. The van der Waals surface area contributed by atoms with Gasteiger partial charge in [-0.05, 0) is 97.0 Å². The minimum absolute atomic E-state index is 0.0921. The largest absolute Gasteiger partial charge is 0.497 e. The summed E-state index contributed by atoms with van der Waals surface area (Å²) in [6.45, 7) is 13.9. The lowest BCUT2D eigenvalue weighted by Crippen LogP contribution is -2.38. The van der Waals surface area contributed by atoms with Crippen molar-refractivity contribution in [2.45, 2.75) is 73.1 Å². The first kappa shape index (κ1) is 46.4. The molecule has 2 aromatic carbocycles. The zero-order chi connectivity index (χ0) is 40.0. The van der Waals surface area contributed by atoms with Crippen LogP contribution in [0.25, 0.3) is 0 Å². The van der Waals surface area contributed by atoms with Gasteiger partial charge in [-0.25, -0.2) is 9.59 Å². The van der Waals surface area contributed by atoms with Crippen molar-refractivity contribution in [3.8, 4) is 11.5 Å². The van der Waals surface area contributed by atoms with Crippen LogP contribution < -0.4 is 36.0 Å². The monoisotopic (exact) mass is 863 g/mol. The van der Waals surface area contributed by atoms with E-state index >= 15 is 0 Å². The Morgan fingerprint density at radius 2 is 1.11 bits per heavy atom. The third-order valence-electron chi connectivity index (χ3n) is 5.92. The van der Waals surface area contributed by atoms with Crippen molar-refractivity contribution in [3.05, 3.63) is 58.5 Å². The molecule has 2 heterocycles. The molecule has 3 amide bonds. The Morgan fingerprint density at radius 3 is 1.47 bits per heavy atom. The number of alkyl carbamates (subject to hydrolysis) is 2. The second kappa shape index (κ2) is 20.8. The van der Waals surface area contributed by atoms with Crippen LogP contribution in [-0.2, 0) is 49.2 Å². The van der Waals surface area contributed by atoms with Crippen LogP contribution >= 0.6 is 42.2 Å². The molecular weight excluding hydrogens is 817 g/mol. The third-order valence-corrected chi connectivity index (χ3v) is 38.0. The number of benzene rings is 2. The summed E-state index contributed by atoms with van der Waals surface area (Å²) >= 11 is 17.0. The van der Waals surface area contributed by atoms with E-state index in [1.165, 1.54) is 28.9 Å². The highest BCUT2D eigenvalue weighted by atomic mass is 33.7. The molecule has 0 atom stereocenters. The van der Waals surface area contributed by atoms with Crippen molar-refractivity contribution in [1.82, 2.24) is 26.1 Å².